The van der Waals surface area contributed by atoms with E-state index < -0.39 is 5.97 Å². The van der Waals surface area contributed by atoms with Crippen molar-refractivity contribution in [3.05, 3.63) is 30.3 Å². The first kappa shape index (κ1) is 14.4. The minimum Gasteiger partial charge on any atom is -0.481 e. The first-order valence-corrected chi connectivity index (χ1v) is 7.84. The SMILES string of the molecule is O=C(O)CC1CCN(CCSc2ccccc2)CC1. The summed E-state index contributed by atoms with van der Waals surface area (Å²) in [5, 5.41) is 8.78. The highest BCUT2D eigenvalue weighted by atomic mass is 32.2. The molecule has 1 heterocycles. The predicted molar refractivity (Wildman–Crippen MR) is 78.6 cm³/mol. The smallest absolute Gasteiger partial charge is 0.303 e. The molecule has 4 heteroatoms. The van der Waals surface area contributed by atoms with E-state index in [1.165, 1.54) is 4.90 Å². The molecule has 19 heavy (non-hydrogen) atoms. The first-order valence-electron chi connectivity index (χ1n) is 6.86. The maximum Gasteiger partial charge on any atom is 0.303 e. The molecule has 2 rings (SSSR count). The molecule has 0 aromatic heterocycles. The molecule has 0 amide bonds. The first-order chi connectivity index (χ1) is 9.24. The summed E-state index contributed by atoms with van der Waals surface area (Å²) >= 11 is 1.89. The molecule has 1 aliphatic rings. The van der Waals surface area contributed by atoms with Gasteiger partial charge in [0.05, 0.1) is 0 Å². The summed E-state index contributed by atoms with van der Waals surface area (Å²) in [5.74, 6) is 0.835. The van der Waals surface area contributed by atoms with Crippen LogP contribution in [0.25, 0.3) is 0 Å². The second-order valence-corrected chi connectivity index (χ2v) is 6.21. The number of carboxylic acid groups (broad SMARTS) is 1. The van der Waals surface area contributed by atoms with Crippen LogP contribution < -0.4 is 0 Å². The van der Waals surface area contributed by atoms with Crippen molar-refractivity contribution in [1.29, 1.82) is 0 Å². The number of rotatable bonds is 6. The van der Waals surface area contributed by atoms with E-state index in [2.05, 4.69) is 29.2 Å². The molecule has 1 aromatic rings. The Bertz CT molecular complexity index is 388. The Morgan fingerprint density at radius 2 is 1.95 bits per heavy atom. The maximum atomic E-state index is 10.7. The number of thioether (sulfide) groups is 1. The molecule has 0 aliphatic carbocycles. The summed E-state index contributed by atoms with van der Waals surface area (Å²) in [5.41, 5.74) is 0. The number of benzene rings is 1. The summed E-state index contributed by atoms with van der Waals surface area (Å²) in [7, 11) is 0. The van der Waals surface area contributed by atoms with E-state index in [1.54, 1.807) is 0 Å². The summed E-state index contributed by atoms with van der Waals surface area (Å²) in [6.45, 7) is 3.19. The van der Waals surface area contributed by atoms with Gasteiger partial charge in [-0.1, -0.05) is 18.2 Å². The summed E-state index contributed by atoms with van der Waals surface area (Å²) in [6, 6.07) is 10.5. The predicted octanol–water partition coefficient (Wildman–Crippen LogP) is 2.97. The van der Waals surface area contributed by atoms with Gasteiger partial charge < -0.3 is 10.0 Å². The van der Waals surface area contributed by atoms with Crippen LogP contribution in [0.4, 0.5) is 0 Å². The molecule has 0 saturated carbocycles. The number of aliphatic carboxylic acids is 1. The van der Waals surface area contributed by atoms with Crippen molar-refractivity contribution >= 4 is 17.7 Å². The third-order valence-corrected chi connectivity index (χ3v) is 4.58. The average molecular weight is 279 g/mol. The van der Waals surface area contributed by atoms with E-state index >= 15 is 0 Å². The van der Waals surface area contributed by atoms with Crippen LogP contribution in [0.2, 0.25) is 0 Å². The molecule has 0 radical (unpaired) electrons. The summed E-state index contributed by atoms with van der Waals surface area (Å²) in [6.07, 6.45) is 2.40. The highest BCUT2D eigenvalue weighted by Crippen LogP contribution is 2.22. The Morgan fingerprint density at radius 1 is 1.26 bits per heavy atom. The minimum atomic E-state index is -0.655. The fourth-order valence-corrected chi connectivity index (χ4v) is 3.41. The van der Waals surface area contributed by atoms with Crippen molar-refractivity contribution in [2.45, 2.75) is 24.2 Å². The fourth-order valence-electron chi connectivity index (χ4n) is 2.47. The molecule has 0 bridgehead atoms. The highest BCUT2D eigenvalue weighted by Gasteiger charge is 2.20. The van der Waals surface area contributed by atoms with Crippen LogP contribution in [0.1, 0.15) is 19.3 Å². The third-order valence-electron chi connectivity index (χ3n) is 3.59. The monoisotopic (exact) mass is 279 g/mol. The van der Waals surface area contributed by atoms with Crippen LogP contribution in [-0.4, -0.2) is 41.4 Å². The zero-order valence-electron chi connectivity index (χ0n) is 11.1. The molecule has 1 aromatic carbocycles. The Labute approximate surface area is 119 Å². The minimum absolute atomic E-state index is 0.340. The van der Waals surface area contributed by atoms with Crippen LogP contribution in [-0.2, 0) is 4.79 Å². The van der Waals surface area contributed by atoms with Crippen molar-refractivity contribution in [2.24, 2.45) is 5.92 Å². The van der Waals surface area contributed by atoms with E-state index in [-0.39, 0.29) is 0 Å². The number of hydrogen-bond acceptors (Lipinski definition) is 3. The van der Waals surface area contributed by atoms with Gasteiger partial charge in [-0.05, 0) is 44.0 Å². The third kappa shape index (κ3) is 5.25. The quantitative estimate of drug-likeness (QED) is 0.813. The van der Waals surface area contributed by atoms with Gasteiger partial charge in [-0.2, -0.15) is 0 Å². The van der Waals surface area contributed by atoms with E-state index in [4.69, 9.17) is 5.11 Å². The molecule has 1 N–H and O–H groups in total. The van der Waals surface area contributed by atoms with Gasteiger partial charge in [-0.15, -0.1) is 11.8 Å². The lowest BCUT2D eigenvalue weighted by Gasteiger charge is -2.31. The molecular weight excluding hydrogens is 258 g/mol. The summed E-state index contributed by atoms with van der Waals surface area (Å²) in [4.78, 5) is 14.4. The second kappa shape index (κ2) is 7.56. The van der Waals surface area contributed by atoms with Gasteiger partial charge in [0.1, 0.15) is 0 Å². The number of carbonyl (C=O) groups is 1. The molecule has 1 aliphatic heterocycles. The Morgan fingerprint density at radius 3 is 2.58 bits per heavy atom. The van der Waals surface area contributed by atoms with Gasteiger partial charge in [-0.25, -0.2) is 0 Å². The van der Waals surface area contributed by atoms with Crippen LogP contribution >= 0.6 is 11.8 Å². The molecule has 104 valence electrons. The van der Waals surface area contributed by atoms with E-state index in [1.807, 2.05) is 17.8 Å². The van der Waals surface area contributed by atoms with Crippen molar-refractivity contribution in [2.75, 3.05) is 25.4 Å². The van der Waals surface area contributed by atoms with Crippen LogP contribution in [0.3, 0.4) is 0 Å². The largest absolute Gasteiger partial charge is 0.481 e. The average Bonchev–Trinajstić information content (AvgIpc) is 2.41. The van der Waals surface area contributed by atoms with Gasteiger partial charge in [0.15, 0.2) is 0 Å². The van der Waals surface area contributed by atoms with Crippen LogP contribution in [0, 0.1) is 5.92 Å². The van der Waals surface area contributed by atoms with Crippen LogP contribution in [0.15, 0.2) is 35.2 Å². The second-order valence-electron chi connectivity index (χ2n) is 5.04. The molecule has 1 fully saturated rings. The topological polar surface area (TPSA) is 40.5 Å². The van der Waals surface area contributed by atoms with Crippen molar-refractivity contribution in [3.63, 3.8) is 0 Å². The molecular formula is C15H21NO2S. The lowest BCUT2D eigenvalue weighted by Crippen LogP contribution is -2.35. The Balaban J connectivity index is 1.62. The molecule has 0 unspecified atom stereocenters. The van der Waals surface area contributed by atoms with Gasteiger partial charge in [0.2, 0.25) is 0 Å². The molecule has 1 saturated heterocycles. The van der Waals surface area contributed by atoms with E-state index in [9.17, 15) is 4.79 Å². The number of nitrogens with zero attached hydrogens (tertiary/aromatic N) is 1. The van der Waals surface area contributed by atoms with Crippen LogP contribution in [0.5, 0.6) is 0 Å². The fraction of sp³-hybridized carbons (Fsp3) is 0.533. The van der Waals surface area contributed by atoms with Gasteiger partial charge >= 0.3 is 5.97 Å². The van der Waals surface area contributed by atoms with E-state index in [0.717, 1.165) is 38.2 Å². The lowest BCUT2D eigenvalue weighted by molar-refractivity contribution is -0.138. The van der Waals surface area contributed by atoms with Gasteiger partial charge in [-0.3, -0.25) is 4.79 Å². The van der Waals surface area contributed by atoms with Gasteiger partial charge in [0, 0.05) is 23.6 Å². The zero-order chi connectivity index (χ0) is 13.5. The number of hydrogen-bond donors (Lipinski definition) is 1. The zero-order valence-corrected chi connectivity index (χ0v) is 11.9. The number of carboxylic acids is 1. The molecule has 0 spiro atoms. The molecule has 0 atom stereocenters. The normalized spacial score (nSPS) is 17.5. The van der Waals surface area contributed by atoms with Crippen molar-refractivity contribution < 1.29 is 9.90 Å². The standard InChI is InChI=1S/C15H21NO2S/c17-15(18)12-13-6-8-16(9-7-13)10-11-19-14-4-2-1-3-5-14/h1-5,13H,6-12H2,(H,17,18). The summed E-state index contributed by atoms with van der Waals surface area (Å²) < 4.78 is 0. The number of likely N-dealkylation sites (tertiary alicyclic amines) is 1. The van der Waals surface area contributed by atoms with E-state index in [0.29, 0.717) is 12.3 Å². The van der Waals surface area contributed by atoms with Crippen molar-refractivity contribution in [3.8, 4) is 0 Å². The molecule has 3 nitrogen and oxygen atoms in total. The Hall–Kier alpha value is -1.00. The number of piperidine rings is 1. The highest BCUT2D eigenvalue weighted by molar-refractivity contribution is 7.99. The Kier molecular flexibility index (Phi) is 5.73. The lowest BCUT2D eigenvalue weighted by atomic mass is 9.94. The van der Waals surface area contributed by atoms with Crippen molar-refractivity contribution in [1.82, 2.24) is 4.90 Å². The van der Waals surface area contributed by atoms with Gasteiger partial charge in [0.25, 0.3) is 0 Å². The maximum absolute atomic E-state index is 10.7.